The highest BCUT2D eigenvalue weighted by atomic mass is 32.2. The Kier molecular flexibility index (Phi) is 4.65. The summed E-state index contributed by atoms with van der Waals surface area (Å²) in [7, 11) is -3.56. The number of hydrogen-bond acceptors (Lipinski definition) is 3. The van der Waals surface area contributed by atoms with E-state index in [1.807, 2.05) is 48.5 Å². The van der Waals surface area contributed by atoms with Gasteiger partial charge in [-0.05, 0) is 29.3 Å². The predicted octanol–water partition coefficient (Wildman–Crippen LogP) is 4.87. The second-order valence-corrected chi connectivity index (χ2v) is 8.45. The van der Waals surface area contributed by atoms with Gasteiger partial charge in [0.05, 0.1) is 11.8 Å². The van der Waals surface area contributed by atoms with Gasteiger partial charge in [0.25, 0.3) is 0 Å². The molecule has 1 heterocycles. The maximum Gasteiger partial charge on any atom is 0.237 e. The van der Waals surface area contributed by atoms with Gasteiger partial charge < -0.3 is 5.32 Å². The lowest BCUT2D eigenvalue weighted by Crippen LogP contribution is -2.14. The molecular formula is C22H19FN2O2S. The highest BCUT2D eigenvalue weighted by Crippen LogP contribution is 2.39. The largest absolute Gasteiger partial charge is 0.366 e. The number of nitrogens with one attached hydrogen (secondary N) is 1. The normalized spacial score (nSPS) is 11.6. The van der Waals surface area contributed by atoms with Crippen molar-refractivity contribution in [1.29, 1.82) is 0 Å². The molecule has 4 aromatic rings. The molecule has 0 aliphatic rings. The van der Waals surface area contributed by atoms with Gasteiger partial charge in [0.15, 0.2) is 0 Å². The van der Waals surface area contributed by atoms with E-state index in [-0.39, 0.29) is 5.82 Å². The van der Waals surface area contributed by atoms with Crippen LogP contribution in [-0.4, -0.2) is 18.6 Å². The molecule has 1 aromatic heterocycles. The van der Waals surface area contributed by atoms with Gasteiger partial charge in [-0.15, -0.1) is 0 Å². The molecule has 6 heteroatoms. The third-order valence-corrected chi connectivity index (χ3v) is 5.64. The molecule has 1 N–H and O–H groups in total. The minimum absolute atomic E-state index is 0.307. The van der Waals surface area contributed by atoms with Gasteiger partial charge in [0.2, 0.25) is 10.0 Å². The fourth-order valence-electron chi connectivity index (χ4n) is 3.40. The molecule has 3 aromatic carbocycles. The molecule has 0 saturated heterocycles. The summed E-state index contributed by atoms with van der Waals surface area (Å²) >= 11 is 0. The predicted molar refractivity (Wildman–Crippen MR) is 111 cm³/mol. The van der Waals surface area contributed by atoms with Crippen LogP contribution in [0.25, 0.3) is 22.0 Å². The molecule has 0 aliphatic carbocycles. The lowest BCUT2D eigenvalue weighted by Gasteiger charge is -2.13. The zero-order valence-corrected chi connectivity index (χ0v) is 16.1. The van der Waals surface area contributed by atoms with E-state index < -0.39 is 10.0 Å². The summed E-state index contributed by atoms with van der Waals surface area (Å²) in [6, 6.07) is 23.2. The van der Waals surface area contributed by atoms with E-state index in [9.17, 15) is 12.8 Å². The molecule has 0 spiro atoms. The summed E-state index contributed by atoms with van der Waals surface area (Å²) in [6.45, 7) is 0.367. The third-order valence-electron chi connectivity index (χ3n) is 4.60. The molecule has 0 aliphatic heterocycles. The first-order valence-electron chi connectivity index (χ1n) is 8.83. The van der Waals surface area contributed by atoms with Crippen molar-refractivity contribution in [2.24, 2.45) is 0 Å². The van der Waals surface area contributed by atoms with Crippen LogP contribution in [0.3, 0.4) is 0 Å². The summed E-state index contributed by atoms with van der Waals surface area (Å²) in [5.74, 6) is 0.193. The van der Waals surface area contributed by atoms with Gasteiger partial charge in [0.1, 0.15) is 11.6 Å². The highest BCUT2D eigenvalue weighted by molar-refractivity contribution is 7.89. The molecule has 4 nitrogen and oxygen atoms in total. The minimum atomic E-state index is -3.56. The number of halogens is 1. The van der Waals surface area contributed by atoms with Crippen molar-refractivity contribution in [1.82, 2.24) is 3.97 Å². The quantitative estimate of drug-likeness (QED) is 0.526. The third kappa shape index (κ3) is 3.39. The minimum Gasteiger partial charge on any atom is -0.366 e. The van der Waals surface area contributed by atoms with Crippen molar-refractivity contribution in [2.75, 3.05) is 11.6 Å². The fraction of sp³-hybridized carbons (Fsp3) is 0.0909. The number of anilines is 1. The molecule has 0 fully saturated rings. The van der Waals surface area contributed by atoms with Gasteiger partial charge in [-0.1, -0.05) is 60.7 Å². The summed E-state index contributed by atoms with van der Waals surface area (Å²) in [5, 5.41) is 4.12. The Balaban J connectivity index is 1.92. The number of para-hydroxylation sites is 1. The highest BCUT2D eigenvalue weighted by Gasteiger charge is 2.23. The van der Waals surface area contributed by atoms with E-state index in [4.69, 9.17) is 0 Å². The molecule has 0 amide bonds. The van der Waals surface area contributed by atoms with Crippen molar-refractivity contribution in [3.63, 3.8) is 0 Å². The van der Waals surface area contributed by atoms with Gasteiger partial charge in [-0.3, -0.25) is 0 Å². The summed E-state index contributed by atoms with van der Waals surface area (Å²) in [4.78, 5) is 0. The molecule has 28 heavy (non-hydrogen) atoms. The van der Waals surface area contributed by atoms with Crippen LogP contribution >= 0.6 is 0 Å². The van der Waals surface area contributed by atoms with E-state index in [0.717, 1.165) is 22.1 Å². The van der Waals surface area contributed by atoms with E-state index in [0.29, 0.717) is 17.9 Å². The Bertz CT molecular complexity index is 1230. The summed E-state index contributed by atoms with van der Waals surface area (Å²) in [5.41, 5.74) is 3.21. The average Bonchev–Trinajstić information content (AvgIpc) is 3.02. The van der Waals surface area contributed by atoms with Crippen molar-refractivity contribution in [2.45, 2.75) is 6.54 Å². The van der Waals surface area contributed by atoms with Crippen LogP contribution in [0.5, 0.6) is 0 Å². The van der Waals surface area contributed by atoms with Gasteiger partial charge in [0, 0.05) is 17.5 Å². The maximum absolute atomic E-state index is 13.2. The Labute approximate surface area is 163 Å². The molecule has 0 unspecified atom stereocenters. The SMILES string of the molecule is CS(=O)(=O)n1c(NCc2ccc(F)cc2)c(-c2ccccc2)c2ccccc21. The molecule has 0 atom stereocenters. The van der Waals surface area contributed by atoms with Crippen molar-refractivity contribution < 1.29 is 12.8 Å². The van der Waals surface area contributed by atoms with Crippen LogP contribution < -0.4 is 5.32 Å². The zero-order valence-electron chi connectivity index (χ0n) is 15.3. The number of hydrogen-bond donors (Lipinski definition) is 1. The smallest absolute Gasteiger partial charge is 0.237 e. The molecular weight excluding hydrogens is 375 g/mol. The van der Waals surface area contributed by atoms with E-state index in [2.05, 4.69) is 5.32 Å². The number of aromatic nitrogens is 1. The molecule has 0 radical (unpaired) electrons. The number of nitrogens with zero attached hydrogens (tertiary/aromatic N) is 1. The Morgan fingerprint density at radius 1 is 0.893 bits per heavy atom. The van der Waals surface area contributed by atoms with Gasteiger partial charge in [-0.2, -0.15) is 0 Å². The number of benzene rings is 3. The Hall–Kier alpha value is -3.12. The van der Waals surface area contributed by atoms with Crippen LogP contribution in [0.1, 0.15) is 5.56 Å². The van der Waals surface area contributed by atoms with E-state index in [1.165, 1.54) is 22.4 Å². The molecule has 4 rings (SSSR count). The topological polar surface area (TPSA) is 51.1 Å². The summed E-state index contributed by atoms with van der Waals surface area (Å²) < 4.78 is 39.8. The Morgan fingerprint density at radius 3 is 2.21 bits per heavy atom. The summed E-state index contributed by atoms with van der Waals surface area (Å²) in [6.07, 6.45) is 1.19. The van der Waals surface area contributed by atoms with E-state index >= 15 is 0 Å². The number of rotatable bonds is 5. The van der Waals surface area contributed by atoms with Gasteiger partial charge >= 0.3 is 0 Å². The van der Waals surface area contributed by atoms with Crippen molar-refractivity contribution in [3.05, 3.63) is 90.2 Å². The van der Waals surface area contributed by atoms with Crippen LogP contribution in [0.2, 0.25) is 0 Å². The lowest BCUT2D eigenvalue weighted by atomic mass is 10.0. The number of fused-ring (bicyclic) bond motifs is 1. The van der Waals surface area contributed by atoms with Crippen LogP contribution in [-0.2, 0) is 16.6 Å². The van der Waals surface area contributed by atoms with Crippen LogP contribution in [0.15, 0.2) is 78.9 Å². The first-order valence-corrected chi connectivity index (χ1v) is 10.7. The van der Waals surface area contributed by atoms with Crippen LogP contribution in [0, 0.1) is 5.82 Å². The first kappa shape index (κ1) is 18.3. The second-order valence-electron chi connectivity index (χ2n) is 6.61. The van der Waals surface area contributed by atoms with Crippen molar-refractivity contribution >= 4 is 26.7 Å². The molecule has 142 valence electrons. The second kappa shape index (κ2) is 7.13. The zero-order chi connectivity index (χ0) is 19.7. The maximum atomic E-state index is 13.2. The lowest BCUT2D eigenvalue weighted by molar-refractivity contribution is 0.595. The van der Waals surface area contributed by atoms with Crippen molar-refractivity contribution in [3.8, 4) is 11.1 Å². The average molecular weight is 394 g/mol. The van der Waals surface area contributed by atoms with E-state index in [1.54, 1.807) is 18.2 Å². The first-order chi connectivity index (χ1) is 13.4. The monoisotopic (exact) mass is 394 g/mol. The standard InChI is InChI=1S/C22H19FN2O2S/c1-28(26,27)25-20-10-6-5-9-19(20)21(17-7-3-2-4-8-17)22(25)24-15-16-11-13-18(23)14-12-16/h2-14,24H,15H2,1H3. The van der Waals surface area contributed by atoms with Gasteiger partial charge in [-0.25, -0.2) is 16.8 Å². The molecule has 0 saturated carbocycles. The Morgan fingerprint density at radius 2 is 1.54 bits per heavy atom. The molecule has 0 bridgehead atoms. The van der Waals surface area contributed by atoms with Crippen LogP contribution in [0.4, 0.5) is 10.2 Å². The fourth-order valence-corrected chi connectivity index (χ4v) is 4.41.